The van der Waals surface area contributed by atoms with E-state index in [1.54, 1.807) is 7.11 Å². The number of aryl methyl sites for hydroxylation is 2. The van der Waals surface area contributed by atoms with E-state index in [4.69, 9.17) is 9.26 Å². The highest BCUT2D eigenvalue weighted by atomic mass is 16.5. The Morgan fingerprint density at radius 2 is 2.19 bits per heavy atom. The molecule has 1 aromatic heterocycles. The quantitative estimate of drug-likeness (QED) is 0.786. The van der Waals surface area contributed by atoms with Gasteiger partial charge in [-0.3, -0.25) is 4.79 Å². The van der Waals surface area contributed by atoms with Crippen molar-refractivity contribution in [1.82, 2.24) is 15.5 Å². The van der Waals surface area contributed by atoms with Crippen LogP contribution in [0.5, 0.6) is 0 Å². The molecule has 0 spiro atoms. The maximum Gasteiger partial charge on any atom is 0.227 e. The number of methoxy groups -OCH3 is 1. The van der Waals surface area contributed by atoms with Crippen LogP contribution in [-0.4, -0.2) is 36.3 Å². The van der Waals surface area contributed by atoms with Crippen molar-refractivity contribution < 1.29 is 14.1 Å². The largest absolute Gasteiger partial charge is 0.383 e. The van der Waals surface area contributed by atoms with Gasteiger partial charge < -0.3 is 14.6 Å². The molecule has 0 bridgehead atoms. The van der Waals surface area contributed by atoms with Gasteiger partial charge in [0.1, 0.15) is 0 Å². The Bertz CT molecular complexity index is 595. The van der Waals surface area contributed by atoms with Crippen LogP contribution in [0.2, 0.25) is 0 Å². The molecule has 6 nitrogen and oxygen atoms in total. The van der Waals surface area contributed by atoms with Crippen LogP contribution in [-0.2, 0) is 16.0 Å². The summed E-state index contributed by atoms with van der Waals surface area (Å²) in [5, 5.41) is 6.71. The van der Waals surface area contributed by atoms with Crippen LogP contribution in [0.25, 0.3) is 11.4 Å². The third kappa shape index (κ3) is 4.39. The topological polar surface area (TPSA) is 77.2 Å². The molecule has 1 N–H and O–H groups in total. The van der Waals surface area contributed by atoms with Crippen LogP contribution in [0.4, 0.5) is 0 Å². The van der Waals surface area contributed by atoms with Gasteiger partial charge in [-0.25, -0.2) is 0 Å². The van der Waals surface area contributed by atoms with Gasteiger partial charge in [-0.2, -0.15) is 4.98 Å². The SMILES string of the molecule is COCCNC(=O)CCc1nc(-c2ccccc2C)no1. The molecule has 6 heteroatoms. The van der Waals surface area contributed by atoms with Crippen LogP contribution in [0.15, 0.2) is 28.8 Å². The Hall–Kier alpha value is -2.21. The summed E-state index contributed by atoms with van der Waals surface area (Å²) in [4.78, 5) is 15.9. The zero-order valence-electron chi connectivity index (χ0n) is 12.3. The first-order chi connectivity index (χ1) is 10.2. The molecule has 2 aromatic rings. The molecular weight excluding hydrogens is 270 g/mol. The molecular formula is C15H19N3O3. The van der Waals surface area contributed by atoms with E-state index in [-0.39, 0.29) is 5.91 Å². The molecule has 1 aromatic carbocycles. The third-order valence-electron chi connectivity index (χ3n) is 3.05. The van der Waals surface area contributed by atoms with Crippen LogP contribution in [0.3, 0.4) is 0 Å². The number of nitrogens with one attached hydrogen (secondary N) is 1. The minimum atomic E-state index is -0.0531. The molecule has 0 aliphatic rings. The molecule has 0 saturated heterocycles. The molecule has 1 amide bonds. The van der Waals surface area contributed by atoms with E-state index in [0.717, 1.165) is 11.1 Å². The Morgan fingerprint density at radius 3 is 2.95 bits per heavy atom. The van der Waals surface area contributed by atoms with Gasteiger partial charge >= 0.3 is 0 Å². The Kier molecular flexibility index (Phi) is 5.45. The van der Waals surface area contributed by atoms with Gasteiger partial charge in [-0.15, -0.1) is 0 Å². The molecule has 0 radical (unpaired) electrons. The van der Waals surface area contributed by atoms with E-state index in [1.807, 2.05) is 31.2 Å². The molecule has 0 unspecified atom stereocenters. The summed E-state index contributed by atoms with van der Waals surface area (Å²) in [6.45, 7) is 3.01. The van der Waals surface area contributed by atoms with Gasteiger partial charge in [0.2, 0.25) is 17.6 Å². The lowest BCUT2D eigenvalue weighted by Gasteiger charge is -2.02. The molecule has 0 fully saturated rings. The first-order valence-electron chi connectivity index (χ1n) is 6.85. The standard InChI is InChI=1S/C15H19N3O3/c1-11-5-3-4-6-12(11)15-17-14(21-18-15)8-7-13(19)16-9-10-20-2/h3-6H,7-10H2,1-2H3,(H,16,19). The van der Waals surface area contributed by atoms with Crippen molar-refractivity contribution in [2.45, 2.75) is 19.8 Å². The Morgan fingerprint density at radius 1 is 1.38 bits per heavy atom. The van der Waals surface area contributed by atoms with Gasteiger partial charge in [0.25, 0.3) is 0 Å². The lowest BCUT2D eigenvalue weighted by atomic mass is 10.1. The number of hydrogen-bond acceptors (Lipinski definition) is 5. The molecule has 0 aliphatic carbocycles. The molecule has 21 heavy (non-hydrogen) atoms. The van der Waals surface area contributed by atoms with Crippen LogP contribution in [0.1, 0.15) is 17.9 Å². The zero-order valence-corrected chi connectivity index (χ0v) is 12.3. The molecule has 112 valence electrons. The number of carbonyl (C=O) groups is 1. The van der Waals surface area contributed by atoms with Crippen molar-refractivity contribution >= 4 is 5.91 Å². The van der Waals surface area contributed by atoms with E-state index in [1.165, 1.54) is 0 Å². The maximum atomic E-state index is 11.6. The zero-order chi connectivity index (χ0) is 15.1. The first-order valence-corrected chi connectivity index (χ1v) is 6.85. The van der Waals surface area contributed by atoms with E-state index < -0.39 is 0 Å². The summed E-state index contributed by atoms with van der Waals surface area (Å²) in [6, 6.07) is 7.84. The minimum Gasteiger partial charge on any atom is -0.383 e. The summed E-state index contributed by atoms with van der Waals surface area (Å²) in [5.41, 5.74) is 2.03. The number of carbonyl (C=O) groups excluding carboxylic acids is 1. The number of nitrogens with zero attached hydrogens (tertiary/aromatic N) is 2. The second-order valence-corrected chi connectivity index (χ2v) is 4.67. The molecule has 1 heterocycles. The summed E-state index contributed by atoms with van der Waals surface area (Å²) in [7, 11) is 1.59. The fourth-order valence-electron chi connectivity index (χ4n) is 1.89. The van der Waals surface area contributed by atoms with Crippen molar-refractivity contribution in [2.24, 2.45) is 0 Å². The second kappa shape index (κ2) is 7.54. The summed E-state index contributed by atoms with van der Waals surface area (Å²) >= 11 is 0. The third-order valence-corrected chi connectivity index (χ3v) is 3.05. The highest BCUT2D eigenvalue weighted by Gasteiger charge is 2.11. The van der Waals surface area contributed by atoms with Gasteiger partial charge in [0.05, 0.1) is 6.61 Å². The summed E-state index contributed by atoms with van der Waals surface area (Å²) in [6.07, 6.45) is 0.747. The molecule has 0 aliphatic heterocycles. The molecule has 2 rings (SSSR count). The van der Waals surface area contributed by atoms with E-state index in [2.05, 4.69) is 15.5 Å². The number of ether oxygens (including phenoxy) is 1. The van der Waals surface area contributed by atoms with Crippen LogP contribution < -0.4 is 5.32 Å². The van der Waals surface area contributed by atoms with Gasteiger partial charge in [-0.1, -0.05) is 29.4 Å². The predicted octanol–water partition coefficient (Wildman–Crippen LogP) is 1.74. The second-order valence-electron chi connectivity index (χ2n) is 4.67. The highest BCUT2D eigenvalue weighted by molar-refractivity contribution is 5.76. The van der Waals surface area contributed by atoms with Crippen molar-refractivity contribution in [2.75, 3.05) is 20.3 Å². The average Bonchev–Trinajstić information content (AvgIpc) is 2.94. The van der Waals surface area contributed by atoms with E-state index >= 15 is 0 Å². The number of amides is 1. The normalized spacial score (nSPS) is 10.6. The van der Waals surface area contributed by atoms with E-state index in [0.29, 0.717) is 37.7 Å². The van der Waals surface area contributed by atoms with Crippen molar-refractivity contribution in [3.8, 4) is 11.4 Å². The highest BCUT2D eigenvalue weighted by Crippen LogP contribution is 2.19. The maximum absolute atomic E-state index is 11.6. The molecule has 0 atom stereocenters. The van der Waals surface area contributed by atoms with Gasteiger partial charge in [-0.05, 0) is 12.5 Å². The fourth-order valence-corrected chi connectivity index (χ4v) is 1.89. The first kappa shape index (κ1) is 15.2. The fraction of sp³-hybridized carbons (Fsp3) is 0.400. The lowest BCUT2D eigenvalue weighted by molar-refractivity contribution is -0.121. The number of benzene rings is 1. The number of aromatic nitrogens is 2. The average molecular weight is 289 g/mol. The Labute approximate surface area is 123 Å². The van der Waals surface area contributed by atoms with Crippen molar-refractivity contribution in [1.29, 1.82) is 0 Å². The van der Waals surface area contributed by atoms with Crippen molar-refractivity contribution in [3.05, 3.63) is 35.7 Å². The number of hydrogen-bond donors (Lipinski definition) is 1. The van der Waals surface area contributed by atoms with Gasteiger partial charge in [0, 0.05) is 32.1 Å². The minimum absolute atomic E-state index is 0.0531. The van der Waals surface area contributed by atoms with Crippen LogP contribution in [0, 0.1) is 6.92 Å². The molecule has 0 saturated carbocycles. The van der Waals surface area contributed by atoms with Crippen LogP contribution >= 0.6 is 0 Å². The predicted molar refractivity (Wildman–Crippen MR) is 77.7 cm³/mol. The number of rotatable bonds is 7. The smallest absolute Gasteiger partial charge is 0.227 e. The summed E-state index contributed by atoms with van der Waals surface area (Å²) < 4.78 is 10.0. The monoisotopic (exact) mass is 289 g/mol. The summed E-state index contributed by atoms with van der Waals surface area (Å²) in [5.74, 6) is 0.973. The van der Waals surface area contributed by atoms with Gasteiger partial charge in [0.15, 0.2) is 0 Å². The van der Waals surface area contributed by atoms with E-state index in [9.17, 15) is 4.79 Å². The van der Waals surface area contributed by atoms with Crippen molar-refractivity contribution in [3.63, 3.8) is 0 Å². The Balaban J connectivity index is 1.89. The lowest BCUT2D eigenvalue weighted by Crippen LogP contribution is -2.27.